The Morgan fingerprint density at radius 2 is 2.38 bits per heavy atom. The number of nitrogens with zero attached hydrogens (tertiary/aromatic N) is 2. The molecule has 1 heterocycles. The van der Waals surface area contributed by atoms with Gasteiger partial charge in [-0.05, 0) is 25.7 Å². The van der Waals surface area contributed by atoms with E-state index < -0.39 is 0 Å². The highest BCUT2D eigenvalue weighted by atomic mass is 16.3. The summed E-state index contributed by atoms with van der Waals surface area (Å²) in [5.74, 6) is 0.872. The van der Waals surface area contributed by atoms with Crippen LogP contribution in [0.5, 0.6) is 0 Å². The van der Waals surface area contributed by atoms with E-state index in [1.165, 1.54) is 0 Å². The van der Waals surface area contributed by atoms with E-state index in [2.05, 4.69) is 10.3 Å². The molecule has 0 radical (unpaired) electrons. The number of rotatable bonds is 4. The van der Waals surface area contributed by atoms with E-state index in [-0.39, 0.29) is 11.7 Å². The summed E-state index contributed by atoms with van der Waals surface area (Å²) in [5.41, 5.74) is -0.0788. The lowest BCUT2D eigenvalue weighted by molar-refractivity contribution is 0.0486. The Labute approximate surface area is 94.1 Å². The zero-order chi connectivity index (χ0) is 11.5. The van der Waals surface area contributed by atoms with Crippen molar-refractivity contribution in [2.75, 3.05) is 11.9 Å². The Balaban J connectivity index is 1.96. The summed E-state index contributed by atoms with van der Waals surface area (Å²) in [6.07, 6.45) is 4.80. The summed E-state index contributed by atoms with van der Waals surface area (Å²) >= 11 is 0. The van der Waals surface area contributed by atoms with Crippen molar-refractivity contribution in [1.29, 1.82) is 0 Å². The second-order valence-corrected chi connectivity index (χ2v) is 4.24. The lowest BCUT2D eigenvalue weighted by atomic mass is 9.82. The zero-order valence-electron chi connectivity index (χ0n) is 9.39. The topological polar surface area (TPSA) is 67.2 Å². The average molecular weight is 223 g/mol. The molecule has 5 heteroatoms. The molecule has 0 bridgehead atoms. The van der Waals surface area contributed by atoms with Crippen molar-refractivity contribution in [1.82, 2.24) is 9.55 Å². The van der Waals surface area contributed by atoms with Crippen molar-refractivity contribution in [3.8, 4) is 0 Å². The highest BCUT2D eigenvalue weighted by Crippen LogP contribution is 2.26. The lowest BCUT2D eigenvalue weighted by Crippen LogP contribution is -2.34. The van der Waals surface area contributed by atoms with Crippen LogP contribution in [0.3, 0.4) is 0 Å². The molecule has 1 saturated carbocycles. The Morgan fingerprint density at radius 1 is 1.62 bits per heavy atom. The molecule has 2 N–H and O–H groups in total. The van der Waals surface area contributed by atoms with Gasteiger partial charge >= 0.3 is 0 Å². The van der Waals surface area contributed by atoms with Crippen LogP contribution in [0.15, 0.2) is 17.2 Å². The van der Waals surface area contributed by atoms with Crippen molar-refractivity contribution in [2.45, 2.75) is 32.4 Å². The number of aromatic nitrogens is 2. The maximum absolute atomic E-state index is 11.8. The number of aryl methyl sites for hydroxylation is 1. The first-order valence-corrected chi connectivity index (χ1v) is 5.68. The van der Waals surface area contributed by atoms with Crippen LogP contribution >= 0.6 is 0 Å². The van der Waals surface area contributed by atoms with E-state index in [0.29, 0.717) is 24.8 Å². The van der Waals surface area contributed by atoms with Gasteiger partial charge in [-0.1, -0.05) is 0 Å². The molecule has 0 unspecified atom stereocenters. The van der Waals surface area contributed by atoms with E-state index in [1.807, 2.05) is 6.92 Å². The molecule has 0 aliphatic heterocycles. The largest absolute Gasteiger partial charge is 0.393 e. The van der Waals surface area contributed by atoms with Crippen LogP contribution < -0.4 is 10.9 Å². The van der Waals surface area contributed by atoms with Crippen LogP contribution in [-0.4, -0.2) is 27.3 Å². The first kappa shape index (κ1) is 11.1. The summed E-state index contributed by atoms with van der Waals surface area (Å²) in [4.78, 5) is 15.8. The van der Waals surface area contributed by atoms with Crippen molar-refractivity contribution in [2.24, 2.45) is 5.92 Å². The molecule has 1 fully saturated rings. The number of nitrogens with one attached hydrogen (secondary N) is 1. The molecule has 0 amide bonds. The average Bonchev–Trinajstić information content (AvgIpc) is 2.24. The van der Waals surface area contributed by atoms with Gasteiger partial charge in [-0.2, -0.15) is 0 Å². The molecule has 0 atom stereocenters. The van der Waals surface area contributed by atoms with Gasteiger partial charge in [0.15, 0.2) is 5.82 Å². The molecule has 1 aliphatic carbocycles. The van der Waals surface area contributed by atoms with Gasteiger partial charge in [-0.3, -0.25) is 4.79 Å². The molecule has 1 aromatic rings. The normalized spacial score (nSPS) is 23.9. The van der Waals surface area contributed by atoms with E-state index in [1.54, 1.807) is 17.0 Å². The minimum atomic E-state index is -0.150. The lowest BCUT2D eigenvalue weighted by Gasteiger charge is -2.31. The van der Waals surface area contributed by atoms with E-state index in [0.717, 1.165) is 12.8 Å². The van der Waals surface area contributed by atoms with Gasteiger partial charge in [0.2, 0.25) is 0 Å². The fraction of sp³-hybridized carbons (Fsp3) is 0.636. The molecular formula is C11H17N3O2. The molecule has 0 spiro atoms. The van der Waals surface area contributed by atoms with Crippen LogP contribution in [0.1, 0.15) is 19.8 Å². The summed E-state index contributed by atoms with van der Waals surface area (Å²) in [6.45, 7) is 3.29. The number of anilines is 1. The van der Waals surface area contributed by atoms with Gasteiger partial charge in [0.05, 0.1) is 6.10 Å². The minimum absolute atomic E-state index is 0.0788. The Hall–Kier alpha value is -1.36. The van der Waals surface area contributed by atoms with Crippen LogP contribution in [0, 0.1) is 5.92 Å². The third kappa shape index (κ3) is 2.24. The van der Waals surface area contributed by atoms with E-state index in [9.17, 15) is 4.79 Å². The summed E-state index contributed by atoms with van der Waals surface area (Å²) in [7, 11) is 0. The van der Waals surface area contributed by atoms with E-state index >= 15 is 0 Å². The van der Waals surface area contributed by atoms with Gasteiger partial charge in [-0.25, -0.2) is 4.98 Å². The third-order valence-corrected chi connectivity index (χ3v) is 3.02. The Kier molecular flexibility index (Phi) is 3.24. The standard InChI is InChI=1S/C11H17N3O2/c1-2-14-4-3-12-10(11(14)16)13-7-8-5-9(15)6-8/h3-4,8-9,15H,2,5-7H2,1H3,(H,12,13). The molecule has 5 nitrogen and oxygen atoms in total. The number of hydrogen-bond acceptors (Lipinski definition) is 4. The Bertz CT molecular complexity index is 410. The maximum Gasteiger partial charge on any atom is 0.293 e. The predicted octanol–water partition coefficient (Wildman–Crippen LogP) is 0.446. The predicted molar refractivity (Wildman–Crippen MR) is 61.4 cm³/mol. The van der Waals surface area contributed by atoms with Crippen LogP contribution in [0.2, 0.25) is 0 Å². The van der Waals surface area contributed by atoms with Gasteiger partial charge in [0.1, 0.15) is 0 Å². The summed E-state index contributed by atoms with van der Waals surface area (Å²) in [5, 5.41) is 12.2. The van der Waals surface area contributed by atoms with Crippen LogP contribution in [-0.2, 0) is 6.54 Å². The number of aliphatic hydroxyl groups is 1. The molecule has 0 saturated heterocycles. The molecule has 1 aliphatic rings. The summed E-state index contributed by atoms with van der Waals surface area (Å²) < 4.78 is 1.62. The van der Waals surface area contributed by atoms with Gasteiger partial charge in [0, 0.05) is 25.5 Å². The number of hydrogen-bond donors (Lipinski definition) is 2. The fourth-order valence-electron chi connectivity index (χ4n) is 1.93. The second kappa shape index (κ2) is 4.65. The molecule has 1 aromatic heterocycles. The fourth-order valence-corrected chi connectivity index (χ4v) is 1.93. The molecule has 88 valence electrons. The van der Waals surface area contributed by atoms with E-state index in [4.69, 9.17) is 5.11 Å². The van der Waals surface area contributed by atoms with Crippen molar-refractivity contribution < 1.29 is 5.11 Å². The van der Waals surface area contributed by atoms with Gasteiger partial charge in [0.25, 0.3) is 5.56 Å². The highest BCUT2D eigenvalue weighted by molar-refractivity contribution is 5.30. The highest BCUT2D eigenvalue weighted by Gasteiger charge is 2.26. The van der Waals surface area contributed by atoms with Crippen LogP contribution in [0.25, 0.3) is 0 Å². The monoisotopic (exact) mass is 223 g/mol. The first-order valence-electron chi connectivity index (χ1n) is 5.68. The van der Waals surface area contributed by atoms with Crippen LogP contribution in [0.4, 0.5) is 5.82 Å². The molecular weight excluding hydrogens is 206 g/mol. The smallest absolute Gasteiger partial charge is 0.293 e. The molecule has 16 heavy (non-hydrogen) atoms. The first-order chi connectivity index (χ1) is 7.70. The maximum atomic E-state index is 11.8. The molecule has 2 rings (SSSR count). The Morgan fingerprint density at radius 3 is 3.00 bits per heavy atom. The molecule has 0 aromatic carbocycles. The zero-order valence-corrected chi connectivity index (χ0v) is 9.39. The van der Waals surface area contributed by atoms with Gasteiger partial charge < -0.3 is 15.0 Å². The third-order valence-electron chi connectivity index (χ3n) is 3.02. The van der Waals surface area contributed by atoms with Crippen molar-refractivity contribution in [3.05, 3.63) is 22.7 Å². The second-order valence-electron chi connectivity index (χ2n) is 4.24. The van der Waals surface area contributed by atoms with Crippen molar-refractivity contribution in [3.63, 3.8) is 0 Å². The minimum Gasteiger partial charge on any atom is -0.393 e. The SMILES string of the molecule is CCn1ccnc(NCC2CC(O)C2)c1=O. The summed E-state index contributed by atoms with van der Waals surface area (Å²) in [6, 6.07) is 0. The van der Waals surface area contributed by atoms with Gasteiger partial charge in [-0.15, -0.1) is 0 Å². The van der Waals surface area contributed by atoms with Crippen molar-refractivity contribution >= 4 is 5.82 Å². The number of aliphatic hydroxyl groups excluding tert-OH is 1. The quantitative estimate of drug-likeness (QED) is 0.777.